The van der Waals surface area contributed by atoms with Gasteiger partial charge in [0.05, 0.1) is 0 Å². The highest BCUT2D eigenvalue weighted by Gasteiger charge is 2.10. The van der Waals surface area contributed by atoms with E-state index in [1.54, 1.807) is 17.5 Å². The molecule has 0 radical (unpaired) electrons. The van der Waals surface area contributed by atoms with Gasteiger partial charge in [-0.05, 0) is 26.5 Å². The zero-order valence-electron chi connectivity index (χ0n) is 10.3. The smallest absolute Gasteiger partial charge is 0.142 e. The molecule has 0 aliphatic heterocycles. The van der Waals surface area contributed by atoms with Gasteiger partial charge in [-0.15, -0.1) is 11.3 Å². The van der Waals surface area contributed by atoms with Gasteiger partial charge in [0.15, 0.2) is 0 Å². The Morgan fingerprint density at radius 3 is 2.94 bits per heavy atom. The quantitative estimate of drug-likeness (QED) is 0.903. The highest BCUT2D eigenvalue weighted by molar-refractivity contribution is 7.15. The molecule has 5 heteroatoms. The first kappa shape index (κ1) is 12.1. The lowest BCUT2D eigenvalue weighted by Crippen LogP contribution is -2.16. The summed E-state index contributed by atoms with van der Waals surface area (Å²) in [5.41, 5.74) is 0.900. The average Bonchev–Trinajstić information content (AvgIpc) is 2.78. The van der Waals surface area contributed by atoms with Crippen molar-refractivity contribution in [3.8, 4) is 10.7 Å². The van der Waals surface area contributed by atoms with Crippen molar-refractivity contribution in [2.75, 3.05) is 6.54 Å². The van der Waals surface area contributed by atoms with Crippen molar-refractivity contribution in [2.45, 2.75) is 26.8 Å². The molecule has 0 fully saturated rings. The molecule has 1 atom stereocenters. The van der Waals surface area contributed by atoms with E-state index >= 15 is 0 Å². The van der Waals surface area contributed by atoms with Crippen molar-refractivity contribution < 1.29 is 0 Å². The fraction of sp³-hybridized carbons (Fsp3) is 0.417. The first-order valence-electron chi connectivity index (χ1n) is 5.70. The molecule has 0 bridgehead atoms. The highest BCUT2D eigenvalue weighted by Crippen LogP contribution is 2.27. The maximum atomic E-state index is 4.42. The van der Waals surface area contributed by atoms with Crippen LogP contribution in [0.3, 0.4) is 0 Å². The molecule has 2 aromatic heterocycles. The lowest BCUT2D eigenvalue weighted by Gasteiger charge is -2.08. The van der Waals surface area contributed by atoms with Gasteiger partial charge < -0.3 is 5.32 Å². The van der Waals surface area contributed by atoms with E-state index in [4.69, 9.17) is 0 Å². The molecule has 2 heterocycles. The number of hydrogen-bond acceptors (Lipinski definition) is 5. The minimum Gasteiger partial charge on any atom is -0.310 e. The second kappa shape index (κ2) is 5.33. The molecule has 0 aliphatic carbocycles. The van der Waals surface area contributed by atoms with E-state index in [2.05, 4.69) is 34.1 Å². The molecule has 17 heavy (non-hydrogen) atoms. The Hall–Kier alpha value is -1.33. The zero-order valence-corrected chi connectivity index (χ0v) is 11.1. The van der Waals surface area contributed by atoms with Crippen molar-refractivity contribution in [2.24, 2.45) is 0 Å². The van der Waals surface area contributed by atoms with Crippen LogP contribution in [0.1, 0.15) is 30.6 Å². The van der Waals surface area contributed by atoms with E-state index in [-0.39, 0.29) is 0 Å². The summed E-state index contributed by atoms with van der Waals surface area (Å²) in [6.45, 7) is 7.10. The first-order chi connectivity index (χ1) is 8.20. The van der Waals surface area contributed by atoms with Gasteiger partial charge in [0.2, 0.25) is 0 Å². The topological polar surface area (TPSA) is 50.7 Å². The summed E-state index contributed by atoms with van der Waals surface area (Å²) in [7, 11) is 0. The number of aromatic nitrogens is 3. The van der Waals surface area contributed by atoms with Crippen LogP contribution in [-0.4, -0.2) is 21.5 Å². The van der Waals surface area contributed by atoms with Crippen molar-refractivity contribution in [1.82, 2.24) is 20.3 Å². The fourth-order valence-electron chi connectivity index (χ4n) is 1.59. The molecule has 0 saturated carbocycles. The molecular weight excluding hydrogens is 232 g/mol. The molecule has 90 valence electrons. The molecule has 0 aliphatic rings. The SMILES string of the molecule is CCNC(C)c1cnc(-c2ccnc(C)n2)s1. The second-order valence-electron chi connectivity index (χ2n) is 3.84. The van der Waals surface area contributed by atoms with Crippen LogP contribution in [0, 0.1) is 6.92 Å². The molecule has 4 nitrogen and oxygen atoms in total. The van der Waals surface area contributed by atoms with Crippen LogP contribution in [-0.2, 0) is 0 Å². The van der Waals surface area contributed by atoms with Gasteiger partial charge in [-0.1, -0.05) is 6.92 Å². The Balaban J connectivity index is 2.23. The minimum absolute atomic E-state index is 0.342. The van der Waals surface area contributed by atoms with Crippen molar-refractivity contribution in [3.05, 3.63) is 29.2 Å². The van der Waals surface area contributed by atoms with E-state index in [1.807, 2.05) is 19.2 Å². The Morgan fingerprint density at radius 2 is 2.24 bits per heavy atom. The third-order valence-corrected chi connectivity index (χ3v) is 3.66. The van der Waals surface area contributed by atoms with Crippen LogP contribution in [0.2, 0.25) is 0 Å². The molecule has 2 aromatic rings. The molecule has 0 saturated heterocycles. The van der Waals surface area contributed by atoms with E-state index in [0.717, 1.165) is 23.1 Å². The van der Waals surface area contributed by atoms with E-state index in [0.29, 0.717) is 6.04 Å². The van der Waals surface area contributed by atoms with Crippen molar-refractivity contribution >= 4 is 11.3 Å². The van der Waals surface area contributed by atoms with Gasteiger partial charge >= 0.3 is 0 Å². The molecule has 2 rings (SSSR count). The first-order valence-corrected chi connectivity index (χ1v) is 6.51. The van der Waals surface area contributed by atoms with Crippen LogP contribution < -0.4 is 5.32 Å². The molecule has 0 amide bonds. The standard InChI is InChI=1S/C12H16N4S/c1-4-13-8(2)11-7-15-12(17-11)10-5-6-14-9(3)16-10/h5-8,13H,4H2,1-3H3. The van der Waals surface area contributed by atoms with E-state index in [1.165, 1.54) is 4.88 Å². The summed E-state index contributed by atoms with van der Waals surface area (Å²) in [5.74, 6) is 0.777. The number of nitrogens with zero attached hydrogens (tertiary/aromatic N) is 3. The largest absolute Gasteiger partial charge is 0.310 e. The molecular formula is C12H16N4S. The number of hydrogen-bond donors (Lipinski definition) is 1. The number of thiazole rings is 1. The zero-order chi connectivity index (χ0) is 12.3. The molecule has 0 spiro atoms. The summed E-state index contributed by atoms with van der Waals surface area (Å²) < 4.78 is 0. The molecule has 1 unspecified atom stereocenters. The van der Waals surface area contributed by atoms with Gasteiger partial charge in [0, 0.05) is 23.3 Å². The maximum Gasteiger partial charge on any atom is 0.142 e. The lowest BCUT2D eigenvalue weighted by molar-refractivity contribution is 0.606. The highest BCUT2D eigenvalue weighted by atomic mass is 32.1. The summed E-state index contributed by atoms with van der Waals surface area (Å²) in [6, 6.07) is 2.24. The monoisotopic (exact) mass is 248 g/mol. The Kier molecular flexibility index (Phi) is 3.81. The van der Waals surface area contributed by atoms with E-state index in [9.17, 15) is 0 Å². The Morgan fingerprint density at radius 1 is 1.41 bits per heavy atom. The van der Waals surface area contributed by atoms with E-state index < -0.39 is 0 Å². The van der Waals surface area contributed by atoms with Crippen LogP contribution in [0.25, 0.3) is 10.7 Å². The van der Waals surface area contributed by atoms with Crippen molar-refractivity contribution in [1.29, 1.82) is 0 Å². The van der Waals surface area contributed by atoms with Gasteiger partial charge in [0.25, 0.3) is 0 Å². The third-order valence-electron chi connectivity index (χ3n) is 2.46. The van der Waals surface area contributed by atoms with Gasteiger partial charge in [0.1, 0.15) is 16.5 Å². The van der Waals surface area contributed by atoms with Crippen LogP contribution in [0.15, 0.2) is 18.5 Å². The fourth-order valence-corrected chi connectivity index (χ4v) is 2.50. The van der Waals surface area contributed by atoms with Gasteiger partial charge in [-0.2, -0.15) is 0 Å². The summed E-state index contributed by atoms with van der Waals surface area (Å²) in [5, 5.41) is 4.33. The normalized spacial score (nSPS) is 12.6. The maximum absolute atomic E-state index is 4.42. The van der Waals surface area contributed by atoms with Crippen LogP contribution in [0.4, 0.5) is 0 Å². The molecule has 0 aromatic carbocycles. The second-order valence-corrected chi connectivity index (χ2v) is 4.90. The number of nitrogens with one attached hydrogen (secondary N) is 1. The summed E-state index contributed by atoms with van der Waals surface area (Å²) in [4.78, 5) is 14.1. The predicted molar refractivity (Wildman–Crippen MR) is 70.0 cm³/mol. The van der Waals surface area contributed by atoms with Gasteiger partial charge in [-0.3, -0.25) is 0 Å². The lowest BCUT2D eigenvalue weighted by atomic mass is 10.3. The van der Waals surface area contributed by atoms with Crippen molar-refractivity contribution in [3.63, 3.8) is 0 Å². The summed E-state index contributed by atoms with van der Waals surface area (Å²) in [6.07, 6.45) is 3.69. The number of aryl methyl sites for hydroxylation is 1. The third kappa shape index (κ3) is 2.87. The Labute approximate surface area is 105 Å². The van der Waals surface area contributed by atoms with Crippen LogP contribution >= 0.6 is 11.3 Å². The Bertz CT molecular complexity index is 495. The summed E-state index contributed by atoms with van der Waals surface area (Å²) >= 11 is 1.68. The predicted octanol–water partition coefficient (Wildman–Crippen LogP) is 2.58. The van der Waals surface area contributed by atoms with Crippen LogP contribution in [0.5, 0.6) is 0 Å². The molecule has 1 N–H and O–H groups in total. The van der Waals surface area contributed by atoms with Gasteiger partial charge in [-0.25, -0.2) is 15.0 Å². The minimum atomic E-state index is 0.342. The average molecular weight is 248 g/mol. The number of rotatable bonds is 4.